The first kappa shape index (κ1) is 49.6. The molecule has 0 aliphatic rings. The van der Waals surface area contributed by atoms with Crippen molar-refractivity contribution in [1.29, 1.82) is 0 Å². The summed E-state index contributed by atoms with van der Waals surface area (Å²) in [7, 11) is -4.59. The Balaban J connectivity index is 2.27. The van der Waals surface area contributed by atoms with Crippen molar-refractivity contribution in [2.75, 3.05) is 0 Å². The van der Waals surface area contributed by atoms with Crippen LogP contribution in [0.2, 0.25) is 0 Å². The van der Waals surface area contributed by atoms with Crippen molar-refractivity contribution in [3.63, 3.8) is 0 Å². The third-order valence-electron chi connectivity index (χ3n) is 10.2. The van der Waals surface area contributed by atoms with E-state index in [1.165, 1.54) is 179 Å². The van der Waals surface area contributed by atoms with E-state index in [0.29, 0.717) is 0 Å². The van der Waals surface area contributed by atoms with Crippen molar-refractivity contribution in [1.82, 2.24) is 0 Å². The van der Waals surface area contributed by atoms with Crippen molar-refractivity contribution < 1.29 is 32.0 Å². The molecule has 7 nitrogen and oxygen atoms in total. The highest BCUT2D eigenvalue weighted by atomic mass is 32.2. The van der Waals surface area contributed by atoms with E-state index < -0.39 is 27.0 Å². The zero-order valence-corrected chi connectivity index (χ0v) is 35.3. The maximum atomic E-state index is 12.9. The van der Waals surface area contributed by atoms with Crippen molar-refractivity contribution in [2.45, 2.75) is 224 Å². The molecule has 8 heteroatoms. The zero-order chi connectivity index (χ0) is 39.4. The number of rotatable bonds is 37. The van der Waals surface area contributed by atoms with Gasteiger partial charge in [0.05, 0.1) is 28.5 Å². The lowest BCUT2D eigenvalue weighted by Gasteiger charge is -2.08. The number of allylic oxidation sites excluding steroid dienone is 2. The van der Waals surface area contributed by atoms with Gasteiger partial charge in [-0.15, -0.1) is 0 Å². The first-order chi connectivity index (χ1) is 26.3. The Morgan fingerprint density at radius 3 is 1.09 bits per heavy atom. The summed E-state index contributed by atoms with van der Waals surface area (Å²) in [6, 6.07) is 3.16. The standard InChI is InChI=1S/C46H78O7S/c1-3-5-7-9-11-13-15-17-19-21-23-25-27-29-31-33-35-39-52-45(47)43-38-37-42(54(49,50)51)41-44(43)46(48)53-40-36-34-32-30-28-26-24-22-20-18-16-14-12-10-8-6-4-2/h35-41H,3-34H2,1-2H3,(H,49,50,51)/b39-35+,40-36+. The van der Waals surface area contributed by atoms with Crippen LogP contribution in [-0.2, 0) is 19.6 Å². The summed E-state index contributed by atoms with van der Waals surface area (Å²) >= 11 is 0. The van der Waals surface area contributed by atoms with Crippen molar-refractivity contribution in [3.8, 4) is 0 Å². The molecule has 1 rings (SSSR count). The summed E-state index contributed by atoms with van der Waals surface area (Å²) in [5.41, 5.74) is -0.428. The van der Waals surface area contributed by atoms with Crippen LogP contribution in [0, 0.1) is 0 Å². The summed E-state index contributed by atoms with van der Waals surface area (Å²) in [5.74, 6) is -1.71. The highest BCUT2D eigenvalue weighted by Crippen LogP contribution is 2.20. The van der Waals surface area contributed by atoms with Gasteiger partial charge in [-0.05, 0) is 56.0 Å². The average Bonchev–Trinajstić information content (AvgIpc) is 3.16. The maximum Gasteiger partial charge on any atom is 0.343 e. The van der Waals surface area contributed by atoms with Crippen molar-refractivity contribution in [3.05, 3.63) is 54.0 Å². The first-order valence-electron chi connectivity index (χ1n) is 22.1. The minimum Gasteiger partial charge on any atom is -0.431 e. The highest BCUT2D eigenvalue weighted by molar-refractivity contribution is 7.85. The molecule has 0 aliphatic heterocycles. The van der Waals surface area contributed by atoms with Crippen LogP contribution in [0.15, 0.2) is 47.8 Å². The molecular weight excluding hydrogens is 697 g/mol. The summed E-state index contributed by atoms with van der Waals surface area (Å²) in [6.45, 7) is 4.52. The minimum absolute atomic E-state index is 0.139. The molecule has 1 aromatic rings. The lowest BCUT2D eigenvalue weighted by Crippen LogP contribution is -2.13. The molecular formula is C46H78O7S. The van der Waals surface area contributed by atoms with Gasteiger partial charge >= 0.3 is 11.9 Å². The second kappa shape index (κ2) is 35.0. The lowest BCUT2D eigenvalue weighted by atomic mass is 10.0. The van der Waals surface area contributed by atoms with Crippen molar-refractivity contribution >= 4 is 22.1 Å². The Labute approximate surface area is 331 Å². The van der Waals surface area contributed by atoms with Crippen molar-refractivity contribution in [2.24, 2.45) is 0 Å². The van der Waals surface area contributed by atoms with E-state index in [2.05, 4.69) is 13.8 Å². The van der Waals surface area contributed by atoms with Gasteiger partial charge in [-0.3, -0.25) is 4.55 Å². The van der Waals surface area contributed by atoms with E-state index in [9.17, 15) is 22.6 Å². The van der Waals surface area contributed by atoms with Crippen LogP contribution < -0.4 is 0 Å². The fourth-order valence-electron chi connectivity index (χ4n) is 6.78. The fraction of sp³-hybridized carbons (Fsp3) is 0.739. The topological polar surface area (TPSA) is 107 Å². The van der Waals surface area contributed by atoms with E-state index >= 15 is 0 Å². The van der Waals surface area contributed by atoms with E-state index in [1.807, 2.05) is 0 Å². The van der Waals surface area contributed by atoms with Gasteiger partial charge in [-0.2, -0.15) is 8.42 Å². The predicted octanol–water partition coefficient (Wildman–Crippen LogP) is 14.8. The zero-order valence-electron chi connectivity index (χ0n) is 34.5. The van der Waals surface area contributed by atoms with E-state index in [1.54, 1.807) is 12.2 Å². The van der Waals surface area contributed by atoms with E-state index in [0.717, 1.165) is 56.7 Å². The lowest BCUT2D eigenvalue weighted by molar-refractivity contribution is 0.0617. The van der Waals surface area contributed by atoms with Gasteiger partial charge in [0.15, 0.2) is 0 Å². The number of carbonyl (C=O) groups excluding carboxylic acids is 2. The molecule has 0 atom stereocenters. The number of unbranched alkanes of at least 4 members (excludes halogenated alkanes) is 30. The molecule has 310 valence electrons. The van der Waals surface area contributed by atoms with Crippen LogP contribution in [0.4, 0.5) is 0 Å². The van der Waals surface area contributed by atoms with Gasteiger partial charge < -0.3 is 9.47 Å². The molecule has 0 saturated carbocycles. The van der Waals surface area contributed by atoms with E-state index in [-0.39, 0.29) is 11.1 Å². The number of benzene rings is 1. The van der Waals surface area contributed by atoms with Gasteiger partial charge in [0.2, 0.25) is 0 Å². The number of carbonyl (C=O) groups is 2. The third-order valence-corrected chi connectivity index (χ3v) is 11.1. The molecule has 0 aromatic heterocycles. The molecule has 0 bridgehead atoms. The second-order valence-corrected chi connectivity index (χ2v) is 16.6. The Morgan fingerprint density at radius 2 is 0.778 bits per heavy atom. The summed E-state index contributed by atoms with van der Waals surface area (Å²) in [4.78, 5) is 25.2. The van der Waals surface area contributed by atoms with Crippen LogP contribution in [0.5, 0.6) is 0 Å². The van der Waals surface area contributed by atoms with Gasteiger partial charge in [-0.25, -0.2) is 9.59 Å². The van der Waals surface area contributed by atoms with Gasteiger partial charge in [-0.1, -0.05) is 194 Å². The quantitative estimate of drug-likeness (QED) is 0.0310. The van der Waals surface area contributed by atoms with E-state index in [4.69, 9.17) is 9.47 Å². The molecule has 0 aliphatic carbocycles. The summed E-state index contributed by atoms with van der Waals surface area (Å²) < 4.78 is 43.5. The summed E-state index contributed by atoms with van der Waals surface area (Å²) in [6.07, 6.45) is 46.6. The van der Waals surface area contributed by atoms with Crippen LogP contribution in [-0.4, -0.2) is 24.9 Å². The normalized spacial score (nSPS) is 11.9. The number of hydrogen-bond donors (Lipinski definition) is 1. The Morgan fingerprint density at radius 1 is 0.481 bits per heavy atom. The molecule has 0 radical (unpaired) electrons. The number of esters is 2. The molecule has 0 saturated heterocycles. The number of ether oxygens (including phenoxy) is 2. The van der Waals surface area contributed by atoms with Gasteiger partial charge in [0.25, 0.3) is 10.1 Å². The molecule has 0 spiro atoms. The molecule has 1 N–H and O–H groups in total. The van der Waals surface area contributed by atoms with Crippen LogP contribution in [0.3, 0.4) is 0 Å². The molecule has 1 aromatic carbocycles. The Bertz CT molecular complexity index is 1240. The fourth-order valence-corrected chi connectivity index (χ4v) is 7.29. The Kier molecular flexibility index (Phi) is 32.1. The molecule has 0 heterocycles. The molecule has 54 heavy (non-hydrogen) atoms. The first-order valence-corrected chi connectivity index (χ1v) is 23.6. The van der Waals surface area contributed by atoms with Gasteiger partial charge in [0, 0.05) is 0 Å². The maximum absolute atomic E-state index is 12.9. The average molecular weight is 775 g/mol. The summed E-state index contributed by atoms with van der Waals surface area (Å²) in [5, 5.41) is 0. The van der Waals surface area contributed by atoms with Crippen LogP contribution >= 0.6 is 0 Å². The highest BCUT2D eigenvalue weighted by Gasteiger charge is 2.22. The van der Waals surface area contributed by atoms with Crippen LogP contribution in [0.25, 0.3) is 0 Å². The molecule has 0 fully saturated rings. The Hall–Kier alpha value is -2.45. The van der Waals surface area contributed by atoms with Gasteiger partial charge in [0.1, 0.15) is 0 Å². The smallest absolute Gasteiger partial charge is 0.343 e. The predicted molar refractivity (Wildman–Crippen MR) is 224 cm³/mol. The molecule has 0 unspecified atom stereocenters. The third kappa shape index (κ3) is 28.0. The number of hydrogen-bond acceptors (Lipinski definition) is 6. The monoisotopic (exact) mass is 775 g/mol. The molecule has 0 amide bonds. The SMILES string of the molecule is CCCCCCCCCCCCCCCCC/C=C/OC(=O)c1ccc(S(=O)(=O)O)cc1C(=O)O/C=C/CCCCCCCCCCCCCCCCC. The largest absolute Gasteiger partial charge is 0.431 e. The second-order valence-electron chi connectivity index (χ2n) is 15.2. The van der Waals surface area contributed by atoms with Crippen LogP contribution in [0.1, 0.15) is 240 Å². The minimum atomic E-state index is -4.59.